The number of aromatic carboxylic acids is 1. The predicted molar refractivity (Wildman–Crippen MR) is 82.2 cm³/mol. The van der Waals surface area contributed by atoms with Crippen LogP contribution in [0.25, 0.3) is 6.08 Å². The molecular formula is C18H13FO3. The number of hydrogen-bond acceptors (Lipinski definition) is 2. The van der Waals surface area contributed by atoms with Crippen molar-refractivity contribution in [1.82, 2.24) is 0 Å². The van der Waals surface area contributed by atoms with E-state index in [1.165, 1.54) is 18.2 Å². The minimum absolute atomic E-state index is 0.163. The molecule has 0 fully saturated rings. The number of hydrogen-bond donors (Lipinski definition) is 2. The van der Waals surface area contributed by atoms with Gasteiger partial charge in [0.2, 0.25) is 0 Å². The molecule has 2 rings (SSSR count). The van der Waals surface area contributed by atoms with Crippen LogP contribution >= 0.6 is 0 Å². The lowest BCUT2D eigenvalue weighted by Crippen LogP contribution is -1.95. The van der Waals surface area contributed by atoms with E-state index < -0.39 is 11.8 Å². The molecule has 0 atom stereocenters. The second kappa shape index (κ2) is 6.59. The SMILES string of the molecule is C/C=C/c1cc(O)cc(F)c1C#Cc1ccc(C(=O)O)cc1. The van der Waals surface area contributed by atoms with Crippen molar-refractivity contribution < 1.29 is 19.4 Å². The average molecular weight is 296 g/mol. The number of benzene rings is 2. The van der Waals surface area contributed by atoms with E-state index in [1.54, 1.807) is 31.2 Å². The lowest BCUT2D eigenvalue weighted by molar-refractivity contribution is 0.0697. The van der Waals surface area contributed by atoms with Gasteiger partial charge >= 0.3 is 5.97 Å². The van der Waals surface area contributed by atoms with Crippen molar-refractivity contribution in [1.29, 1.82) is 0 Å². The molecule has 4 heteroatoms. The van der Waals surface area contributed by atoms with Gasteiger partial charge in [0, 0.05) is 11.6 Å². The largest absolute Gasteiger partial charge is 0.508 e. The Hall–Kier alpha value is -3.06. The zero-order valence-corrected chi connectivity index (χ0v) is 11.8. The number of allylic oxidation sites excluding steroid dienone is 1. The highest BCUT2D eigenvalue weighted by Gasteiger charge is 2.07. The fourth-order valence-electron chi connectivity index (χ4n) is 1.89. The Morgan fingerprint density at radius 3 is 2.45 bits per heavy atom. The Kier molecular flexibility index (Phi) is 4.60. The highest BCUT2D eigenvalue weighted by Crippen LogP contribution is 2.21. The summed E-state index contributed by atoms with van der Waals surface area (Å²) in [7, 11) is 0. The van der Waals surface area contributed by atoms with Crippen molar-refractivity contribution in [2.75, 3.05) is 0 Å². The first kappa shape index (κ1) is 15.3. The molecule has 0 aromatic heterocycles. The fourth-order valence-corrected chi connectivity index (χ4v) is 1.89. The number of carboxylic acids is 1. The molecule has 110 valence electrons. The molecule has 0 bridgehead atoms. The summed E-state index contributed by atoms with van der Waals surface area (Å²) in [5.74, 6) is 3.72. The maximum atomic E-state index is 13.9. The first-order valence-electron chi connectivity index (χ1n) is 6.52. The van der Waals surface area contributed by atoms with E-state index in [-0.39, 0.29) is 16.9 Å². The van der Waals surface area contributed by atoms with Crippen LogP contribution in [0.4, 0.5) is 4.39 Å². The highest BCUT2D eigenvalue weighted by atomic mass is 19.1. The minimum atomic E-state index is -1.01. The van der Waals surface area contributed by atoms with E-state index in [1.807, 2.05) is 0 Å². The molecule has 3 nitrogen and oxygen atoms in total. The molecule has 0 amide bonds. The molecule has 22 heavy (non-hydrogen) atoms. The first-order chi connectivity index (χ1) is 10.5. The maximum Gasteiger partial charge on any atom is 0.335 e. The van der Waals surface area contributed by atoms with Gasteiger partial charge in [-0.2, -0.15) is 0 Å². The van der Waals surface area contributed by atoms with Crippen molar-refractivity contribution >= 4 is 12.0 Å². The summed E-state index contributed by atoms with van der Waals surface area (Å²) in [6, 6.07) is 8.43. The first-order valence-corrected chi connectivity index (χ1v) is 6.52. The Balaban J connectivity index is 2.41. The summed E-state index contributed by atoms with van der Waals surface area (Å²) in [6.07, 6.45) is 3.38. The van der Waals surface area contributed by atoms with Crippen molar-refractivity contribution in [2.45, 2.75) is 6.92 Å². The Morgan fingerprint density at radius 1 is 1.18 bits per heavy atom. The molecule has 2 aromatic rings. The van der Waals surface area contributed by atoms with E-state index in [0.29, 0.717) is 11.1 Å². The third kappa shape index (κ3) is 3.53. The minimum Gasteiger partial charge on any atom is -0.508 e. The summed E-state index contributed by atoms with van der Waals surface area (Å²) in [5, 5.41) is 18.3. The number of carbonyl (C=O) groups is 1. The molecule has 2 N–H and O–H groups in total. The van der Waals surface area contributed by atoms with Gasteiger partial charge < -0.3 is 10.2 Å². The summed E-state index contributed by atoms with van der Waals surface area (Å²) in [5.41, 5.74) is 1.40. The molecule has 0 saturated carbocycles. The molecule has 2 aromatic carbocycles. The normalized spacial score (nSPS) is 10.3. The van der Waals surface area contributed by atoms with Crippen LogP contribution in [-0.2, 0) is 0 Å². The highest BCUT2D eigenvalue weighted by molar-refractivity contribution is 5.87. The lowest BCUT2D eigenvalue weighted by atomic mass is 10.0. The molecule has 0 saturated heterocycles. The van der Waals surface area contributed by atoms with Crippen molar-refractivity contribution in [3.8, 4) is 17.6 Å². The monoisotopic (exact) mass is 296 g/mol. The zero-order chi connectivity index (χ0) is 16.1. The molecule has 0 aliphatic carbocycles. The van der Waals surface area contributed by atoms with Crippen LogP contribution in [0, 0.1) is 17.7 Å². The van der Waals surface area contributed by atoms with Gasteiger partial charge in [0.15, 0.2) is 0 Å². The standard InChI is InChI=1S/C18H13FO3/c1-2-3-14-10-15(20)11-17(19)16(14)9-6-12-4-7-13(8-5-12)18(21)22/h2-5,7-8,10-11,20H,1H3,(H,21,22)/b3-2+. The van der Waals surface area contributed by atoms with Crippen molar-refractivity contribution in [3.05, 3.63) is 70.5 Å². The number of carboxylic acid groups (broad SMARTS) is 1. The molecule has 0 spiro atoms. The van der Waals surface area contributed by atoms with E-state index >= 15 is 0 Å². The molecular weight excluding hydrogens is 283 g/mol. The Labute approximate surface area is 127 Å². The van der Waals surface area contributed by atoms with Crippen molar-refractivity contribution in [2.24, 2.45) is 0 Å². The van der Waals surface area contributed by atoms with Gasteiger partial charge in [0.25, 0.3) is 0 Å². The zero-order valence-electron chi connectivity index (χ0n) is 11.8. The van der Waals surface area contributed by atoms with Gasteiger partial charge in [0.05, 0.1) is 11.1 Å². The quantitative estimate of drug-likeness (QED) is 0.831. The van der Waals surface area contributed by atoms with Crippen LogP contribution in [0.1, 0.15) is 34.0 Å². The molecule has 0 aliphatic heterocycles. The summed E-state index contributed by atoms with van der Waals surface area (Å²) < 4.78 is 13.9. The predicted octanol–water partition coefficient (Wildman–Crippen LogP) is 3.66. The average Bonchev–Trinajstić information content (AvgIpc) is 2.47. The summed E-state index contributed by atoms with van der Waals surface area (Å²) >= 11 is 0. The van der Waals surface area contributed by atoms with Gasteiger partial charge in [-0.1, -0.05) is 24.0 Å². The third-order valence-corrected chi connectivity index (χ3v) is 2.92. The van der Waals surface area contributed by atoms with Gasteiger partial charge in [-0.3, -0.25) is 0 Å². The number of rotatable bonds is 2. The van der Waals surface area contributed by atoms with Crippen LogP contribution < -0.4 is 0 Å². The van der Waals surface area contributed by atoms with Crippen LogP contribution in [-0.4, -0.2) is 16.2 Å². The van der Waals surface area contributed by atoms with Gasteiger partial charge in [-0.15, -0.1) is 0 Å². The van der Waals surface area contributed by atoms with Crippen LogP contribution in [0.15, 0.2) is 42.5 Å². The topological polar surface area (TPSA) is 57.5 Å². The second-order valence-electron chi connectivity index (χ2n) is 4.52. The molecule has 0 unspecified atom stereocenters. The van der Waals surface area contributed by atoms with Gasteiger partial charge in [-0.25, -0.2) is 9.18 Å². The van der Waals surface area contributed by atoms with Crippen LogP contribution in [0.3, 0.4) is 0 Å². The Morgan fingerprint density at radius 2 is 1.86 bits per heavy atom. The van der Waals surface area contributed by atoms with E-state index in [2.05, 4.69) is 11.8 Å². The molecule has 0 radical (unpaired) electrons. The van der Waals surface area contributed by atoms with E-state index in [4.69, 9.17) is 5.11 Å². The lowest BCUT2D eigenvalue weighted by Gasteiger charge is -2.02. The summed E-state index contributed by atoms with van der Waals surface area (Å²) in [6.45, 7) is 1.78. The van der Waals surface area contributed by atoms with Gasteiger partial charge in [-0.05, 0) is 42.8 Å². The fraction of sp³-hybridized carbons (Fsp3) is 0.0556. The number of phenols is 1. The van der Waals surface area contributed by atoms with E-state index in [9.17, 15) is 14.3 Å². The molecule has 0 heterocycles. The molecule has 0 aliphatic rings. The van der Waals surface area contributed by atoms with Crippen LogP contribution in [0.2, 0.25) is 0 Å². The Bertz CT molecular complexity index is 794. The number of phenolic OH excluding ortho intramolecular Hbond substituents is 1. The number of aromatic hydroxyl groups is 1. The van der Waals surface area contributed by atoms with Crippen LogP contribution in [0.5, 0.6) is 5.75 Å². The van der Waals surface area contributed by atoms with Crippen molar-refractivity contribution in [3.63, 3.8) is 0 Å². The third-order valence-electron chi connectivity index (χ3n) is 2.92. The van der Waals surface area contributed by atoms with E-state index in [0.717, 1.165) is 6.07 Å². The van der Waals surface area contributed by atoms with Gasteiger partial charge in [0.1, 0.15) is 11.6 Å². The number of halogens is 1. The smallest absolute Gasteiger partial charge is 0.335 e. The maximum absolute atomic E-state index is 13.9. The second-order valence-corrected chi connectivity index (χ2v) is 4.52. The summed E-state index contributed by atoms with van der Waals surface area (Å²) in [4.78, 5) is 10.8.